The van der Waals surface area contributed by atoms with Gasteiger partial charge in [0.05, 0.1) is 12.3 Å². The summed E-state index contributed by atoms with van der Waals surface area (Å²) in [6.45, 7) is 7.97. The Labute approximate surface area is 158 Å². The normalized spacial score (nSPS) is 16.4. The second-order valence-electron chi connectivity index (χ2n) is 6.95. The zero-order chi connectivity index (χ0) is 19.6. The molecule has 0 bridgehead atoms. The molecule has 0 aromatic carbocycles. The molecule has 0 radical (unpaired) electrons. The van der Waals surface area contributed by atoms with Crippen LogP contribution in [0.15, 0.2) is 0 Å². The number of piperidine rings is 1. The van der Waals surface area contributed by atoms with Crippen LogP contribution in [-0.2, 0) is 19.6 Å². The maximum Gasteiger partial charge on any atom is 0.239 e. The van der Waals surface area contributed by atoms with Gasteiger partial charge in [0.2, 0.25) is 21.8 Å². The van der Waals surface area contributed by atoms with Crippen molar-refractivity contribution >= 4 is 21.8 Å². The first-order chi connectivity index (χ1) is 12.4. The number of unbranched alkanes of at least 4 members (excludes halogenated alkanes) is 1. The minimum atomic E-state index is -3.21. The molecule has 1 saturated heterocycles. The highest BCUT2D eigenvalue weighted by Gasteiger charge is 2.33. The Morgan fingerprint density at radius 1 is 1.08 bits per heavy atom. The average Bonchev–Trinajstić information content (AvgIpc) is 2.64. The third kappa shape index (κ3) is 7.23. The molecule has 1 heterocycles. The van der Waals surface area contributed by atoms with Gasteiger partial charge in [-0.1, -0.05) is 27.2 Å². The number of sulfonamides is 1. The van der Waals surface area contributed by atoms with Crippen LogP contribution in [0.2, 0.25) is 0 Å². The summed E-state index contributed by atoms with van der Waals surface area (Å²) in [5, 5.41) is 2.81. The quantitative estimate of drug-likeness (QED) is 0.581. The number of nitrogens with zero attached hydrogens (tertiary/aromatic N) is 2. The fourth-order valence-corrected chi connectivity index (χ4v) is 4.80. The maximum atomic E-state index is 12.8. The SMILES string of the molecule is CCCCS(=O)(=O)N1CCC(C(=O)N(CCC)CC(=O)NCCC)CC1. The number of carbonyl (C=O) groups is 2. The molecule has 152 valence electrons. The molecule has 1 aliphatic rings. The van der Waals surface area contributed by atoms with Gasteiger partial charge in [0, 0.05) is 32.1 Å². The first-order valence-electron chi connectivity index (χ1n) is 9.88. The minimum Gasteiger partial charge on any atom is -0.355 e. The summed E-state index contributed by atoms with van der Waals surface area (Å²) in [5.41, 5.74) is 0. The van der Waals surface area contributed by atoms with Gasteiger partial charge in [-0.2, -0.15) is 0 Å². The topological polar surface area (TPSA) is 86.8 Å². The second kappa shape index (κ2) is 11.5. The lowest BCUT2D eigenvalue weighted by atomic mass is 9.96. The van der Waals surface area contributed by atoms with Gasteiger partial charge >= 0.3 is 0 Å². The van der Waals surface area contributed by atoms with Crippen molar-refractivity contribution < 1.29 is 18.0 Å². The number of hydrogen-bond acceptors (Lipinski definition) is 4. The Morgan fingerprint density at radius 3 is 2.27 bits per heavy atom. The number of nitrogens with one attached hydrogen (secondary N) is 1. The zero-order valence-electron chi connectivity index (χ0n) is 16.5. The van der Waals surface area contributed by atoms with Crippen molar-refractivity contribution in [3.8, 4) is 0 Å². The lowest BCUT2D eigenvalue weighted by Gasteiger charge is -2.33. The minimum absolute atomic E-state index is 0.0240. The average molecular weight is 390 g/mol. The Kier molecular flexibility index (Phi) is 10.2. The summed E-state index contributed by atoms with van der Waals surface area (Å²) in [7, 11) is -3.21. The number of rotatable bonds is 11. The fourth-order valence-electron chi connectivity index (χ4n) is 3.13. The highest BCUT2D eigenvalue weighted by Crippen LogP contribution is 2.22. The highest BCUT2D eigenvalue weighted by atomic mass is 32.2. The van der Waals surface area contributed by atoms with Gasteiger partial charge in [0.15, 0.2) is 0 Å². The van der Waals surface area contributed by atoms with Crippen LogP contribution in [0.1, 0.15) is 59.3 Å². The molecule has 1 N–H and O–H groups in total. The van der Waals surface area contributed by atoms with E-state index in [2.05, 4.69) is 5.32 Å². The number of carbonyl (C=O) groups excluding carboxylic acids is 2. The molecule has 0 aliphatic carbocycles. The van der Waals surface area contributed by atoms with E-state index in [4.69, 9.17) is 0 Å². The predicted molar refractivity (Wildman–Crippen MR) is 103 cm³/mol. The van der Waals surface area contributed by atoms with E-state index in [-0.39, 0.29) is 30.0 Å². The summed E-state index contributed by atoms with van der Waals surface area (Å²) in [5.74, 6) is -0.169. The maximum absolute atomic E-state index is 12.8. The molecule has 0 aromatic heterocycles. The van der Waals surface area contributed by atoms with Crippen LogP contribution in [0.4, 0.5) is 0 Å². The third-order valence-corrected chi connectivity index (χ3v) is 6.62. The van der Waals surface area contributed by atoms with Crippen LogP contribution in [0.5, 0.6) is 0 Å². The van der Waals surface area contributed by atoms with Gasteiger partial charge in [-0.15, -0.1) is 0 Å². The van der Waals surface area contributed by atoms with E-state index in [0.29, 0.717) is 45.4 Å². The van der Waals surface area contributed by atoms with Gasteiger partial charge in [0.1, 0.15) is 0 Å². The van der Waals surface area contributed by atoms with Crippen molar-refractivity contribution in [3.63, 3.8) is 0 Å². The summed E-state index contributed by atoms with van der Waals surface area (Å²) in [6, 6.07) is 0. The van der Waals surface area contributed by atoms with Gasteiger partial charge < -0.3 is 10.2 Å². The van der Waals surface area contributed by atoms with Crippen LogP contribution < -0.4 is 5.32 Å². The summed E-state index contributed by atoms with van der Waals surface area (Å²) < 4.78 is 26.1. The summed E-state index contributed by atoms with van der Waals surface area (Å²) >= 11 is 0. The van der Waals surface area contributed by atoms with E-state index in [1.165, 1.54) is 4.31 Å². The Balaban J connectivity index is 2.59. The molecule has 0 spiro atoms. The molecular weight excluding hydrogens is 354 g/mol. The molecule has 1 rings (SSSR count). The molecule has 0 atom stereocenters. The molecule has 0 aromatic rings. The largest absolute Gasteiger partial charge is 0.355 e. The molecule has 7 nitrogen and oxygen atoms in total. The second-order valence-corrected chi connectivity index (χ2v) is 9.04. The number of hydrogen-bond donors (Lipinski definition) is 1. The summed E-state index contributed by atoms with van der Waals surface area (Å²) in [6.07, 6.45) is 4.22. The first-order valence-corrected chi connectivity index (χ1v) is 11.5. The van der Waals surface area contributed by atoms with E-state index < -0.39 is 10.0 Å². The molecule has 1 aliphatic heterocycles. The Bertz CT molecular complexity index is 543. The molecule has 8 heteroatoms. The monoisotopic (exact) mass is 389 g/mol. The number of amides is 2. The predicted octanol–water partition coefficient (Wildman–Crippen LogP) is 1.59. The third-order valence-electron chi connectivity index (χ3n) is 4.66. The molecule has 26 heavy (non-hydrogen) atoms. The molecular formula is C18H35N3O4S. The van der Waals surface area contributed by atoms with E-state index in [9.17, 15) is 18.0 Å². The Morgan fingerprint density at radius 2 is 1.73 bits per heavy atom. The Hall–Kier alpha value is -1.15. The molecule has 1 fully saturated rings. The van der Waals surface area contributed by atoms with Crippen molar-refractivity contribution in [1.82, 2.24) is 14.5 Å². The first kappa shape index (κ1) is 22.9. The van der Waals surface area contributed by atoms with E-state index >= 15 is 0 Å². The van der Waals surface area contributed by atoms with Gasteiger partial charge in [-0.3, -0.25) is 9.59 Å². The van der Waals surface area contributed by atoms with Crippen molar-refractivity contribution in [2.45, 2.75) is 59.3 Å². The lowest BCUT2D eigenvalue weighted by molar-refractivity contribution is -0.140. The van der Waals surface area contributed by atoms with Crippen molar-refractivity contribution in [3.05, 3.63) is 0 Å². The van der Waals surface area contributed by atoms with Crippen molar-refractivity contribution in [2.24, 2.45) is 5.92 Å². The van der Waals surface area contributed by atoms with E-state index in [1.54, 1.807) is 4.90 Å². The van der Waals surface area contributed by atoms with E-state index in [1.807, 2.05) is 20.8 Å². The van der Waals surface area contributed by atoms with Crippen LogP contribution in [0.3, 0.4) is 0 Å². The van der Waals surface area contributed by atoms with Crippen LogP contribution in [0.25, 0.3) is 0 Å². The van der Waals surface area contributed by atoms with Crippen LogP contribution in [-0.4, -0.2) is 67.9 Å². The van der Waals surface area contributed by atoms with Crippen LogP contribution in [0, 0.1) is 5.92 Å². The zero-order valence-corrected chi connectivity index (χ0v) is 17.3. The van der Waals surface area contributed by atoms with Crippen molar-refractivity contribution in [1.29, 1.82) is 0 Å². The smallest absolute Gasteiger partial charge is 0.239 e. The lowest BCUT2D eigenvalue weighted by Crippen LogP contribution is -2.47. The summed E-state index contributed by atoms with van der Waals surface area (Å²) in [4.78, 5) is 26.4. The van der Waals surface area contributed by atoms with Crippen molar-refractivity contribution in [2.75, 3.05) is 38.5 Å². The van der Waals surface area contributed by atoms with Crippen LogP contribution >= 0.6 is 0 Å². The highest BCUT2D eigenvalue weighted by molar-refractivity contribution is 7.89. The molecule has 2 amide bonds. The molecule has 0 saturated carbocycles. The van der Waals surface area contributed by atoms with Gasteiger partial charge in [0.25, 0.3) is 0 Å². The van der Waals surface area contributed by atoms with Gasteiger partial charge in [-0.05, 0) is 32.1 Å². The standard InChI is InChI=1S/C18H35N3O4S/c1-4-7-14-26(24,25)21-12-8-16(9-13-21)18(23)20(11-6-3)15-17(22)19-10-5-2/h16H,4-15H2,1-3H3,(H,19,22). The molecule has 0 unspecified atom stereocenters. The fraction of sp³-hybridized carbons (Fsp3) is 0.889. The van der Waals surface area contributed by atoms with Gasteiger partial charge in [-0.25, -0.2) is 12.7 Å². The van der Waals surface area contributed by atoms with E-state index in [0.717, 1.165) is 19.3 Å².